The first-order valence-electron chi connectivity index (χ1n) is 6.03. The van der Waals surface area contributed by atoms with Crippen molar-refractivity contribution in [2.75, 3.05) is 0 Å². The predicted molar refractivity (Wildman–Crippen MR) is 63.6 cm³/mol. The highest BCUT2D eigenvalue weighted by Gasteiger charge is 2.41. The number of fused-ring (bicyclic) bond motifs is 2. The van der Waals surface area contributed by atoms with E-state index in [-0.39, 0.29) is 5.92 Å². The van der Waals surface area contributed by atoms with Gasteiger partial charge in [0, 0.05) is 5.92 Å². The third-order valence-corrected chi connectivity index (χ3v) is 4.08. The molecule has 0 radical (unpaired) electrons. The lowest BCUT2D eigenvalue weighted by Gasteiger charge is -2.42. The Balaban J connectivity index is 2.01. The van der Waals surface area contributed by atoms with Gasteiger partial charge in [-0.2, -0.15) is 5.26 Å². The fourth-order valence-corrected chi connectivity index (χ4v) is 3.30. The zero-order valence-corrected chi connectivity index (χ0v) is 9.21. The van der Waals surface area contributed by atoms with Crippen molar-refractivity contribution >= 4 is 0 Å². The summed E-state index contributed by atoms with van der Waals surface area (Å²) in [5.41, 5.74) is 1.34. The molecule has 3 aliphatic carbocycles. The highest BCUT2D eigenvalue weighted by Crippen LogP contribution is 2.49. The maximum atomic E-state index is 9.36. The molecule has 1 aromatic rings. The molecule has 1 saturated carbocycles. The molecule has 1 heteroatoms. The largest absolute Gasteiger partial charge is 0.198 e. The molecule has 2 unspecified atom stereocenters. The highest BCUT2D eigenvalue weighted by atomic mass is 14.5. The minimum atomic E-state index is 0.186. The van der Waals surface area contributed by atoms with E-state index < -0.39 is 0 Å². The molecule has 2 bridgehead atoms. The summed E-state index contributed by atoms with van der Waals surface area (Å²) >= 11 is 0. The summed E-state index contributed by atoms with van der Waals surface area (Å²) in [6.07, 6.45) is 7.04. The molecule has 16 heavy (non-hydrogen) atoms. The molecule has 0 spiro atoms. The predicted octanol–water partition coefficient (Wildman–Crippen LogP) is 3.51. The second kappa shape index (κ2) is 3.79. The van der Waals surface area contributed by atoms with Crippen LogP contribution in [0.3, 0.4) is 0 Å². The van der Waals surface area contributed by atoms with Crippen molar-refractivity contribution in [1.29, 1.82) is 5.26 Å². The van der Waals surface area contributed by atoms with E-state index in [4.69, 9.17) is 0 Å². The average molecular weight is 209 g/mol. The SMILES string of the molecule is N#CC1C(c2ccccc2)[C@@H]2C=C[C@H]1CC2. The van der Waals surface area contributed by atoms with Gasteiger partial charge in [-0.05, 0) is 30.2 Å². The number of nitriles is 1. The molecular formula is C15H15N. The molecular weight excluding hydrogens is 194 g/mol. The van der Waals surface area contributed by atoms with E-state index >= 15 is 0 Å². The van der Waals surface area contributed by atoms with Crippen LogP contribution in [0, 0.1) is 29.1 Å². The van der Waals surface area contributed by atoms with Gasteiger partial charge in [0.15, 0.2) is 0 Å². The van der Waals surface area contributed by atoms with Gasteiger partial charge in [0.25, 0.3) is 0 Å². The second-order valence-corrected chi connectivity index (χ2v) is 4.88. The van der Waals surface area contributed by atoms with Crippen LogP contribution in [0.4, 0.5) is 0 Å². The minimum Gasteiger partial charge on any atom is -0.198 e. The van der Waals surface area contributed by atoms with Crippen molar-refractivity contribution in [1.82, 2.24) is 0 Å². The molecule has 0 saturated heterocycles. The smallest absolute Gasteiger partial charge is 0.0668 e. The molecule has 80 valence electrons. The maximum absolute atomic E-state index is 9.36. The topological polar surface area (TPSA) is 23.8 Å². The van der Waals surface area contributed by atoms with E-state index in [1.807, 2.05) is 6.07 Å². The van der Waals surface area contributed by atoms with E-state index in [0.717, 1.165) is 0 Å². The molecule has 0 N–H and O–H groups in total. The average Bonchev–Trinajstić information content (AvgIpc) is 2.40. The van der Waals surface area contributed by atoms with Gasteiger partial charge in [0.2, 0.25) is 0 Å². The molecule has 1 fully saturated rings. The Kier molecular flexibility index (Phi) is 2.29. The van der Waals surface area contributed by atoms with Crippen molar-refractivity contribution in [2.45, 2.75) is 18.8 Å². The fraction of sp³-hybridized carbons (Fsp3) is 0.400. The van der Waals surface area contributed by atoms with Crippen molar-refractivity contribution < 1.29 is 0 Å². The zero-order valence-electron chi connectivity index (χ0n) is 9.21. The number of hydrogen-bond donors (Lipinski definition) is 0. The van der Waals surface area contributed by atoms with Crippen LogP contribution in [0.25, 0.3) is 0 Å². The monoisotopic (exact) mass is 209 g/mol. The first-order chi connectivity index (χ1) is 7.90. The summed E-state index contributed by atoms with van der Waals surface area (Å²) in [5.74, 6) is 1.68. The third kappa shape index (κ3) is 1.38. The van der Waals surface area contributed by atoms with Crippen LogP contribution in [0.15, 0.2) is 42.5 Å². The lowest BCUT2D eigenvalue weighted by Crippen LogP contribution is -2.34. The van der Waals surface area contributed by atoms with E-state index in [9.17, 15) is 5.26 Å². The van der Waals surface area contributed by atoms with Crippen LogP contribution in [0.2, 0.25) is 0 Å². The van der Waals surface area contributed by atoms with Crippen LogP contribution < -0.4 is 0 Å². The van der Waals surface area contributed by atoms with Gasteiger partial charge in [0.1, 0.15) is 0 Å². The first kappa shape index (κ1) is 9.66. The lowest BCUT2D eigenvalue weighted by atomic mass is 9.61. The van der Waals surface area contributed by atoms with E-state index in [2.05, 4.69) is 42.5 Å². The summed E-state index contributed by atoms with van der Waals surface area (Å²) < 4.78 is 0. The third-order valence-electron chi connectivity index (χ3n) is 4.08. The van der Waals surface area contributed by atoms with Crippen LogP contribution in [-0.2, 0) is 0 Å². The Morgan fingerprint density at radius 1 is 1.00 bits per heavy atom. The van der Waals surface area contributed by atoms with Gasteiger partial charge in [-0.1, -0.05) is 42.5 Å². The van der Waals surface area contributed by atoms with Crippen molar-refractivity contribution in [3.63, 3.8) is 0 Å². The Bertz CT molecular complexity index is 440. The molecule has 0 aromatic heterocycles. The van der Waals surface area contributed by atoms with Gasteiger partial charge in [-0.15, -0.1) is 0 Å². The molecule has 0 amide bonds. The molecule has 1 nitrogen and oxygen atoms in total. The summed E-state index contributed by atoms with van der Waals surface area (Å²) in [4.78, 5) is 0. The van der Waals surface area contributed by atoms with Gasteiger partial charge in [-0.25, -0.2) is 0 Å². The van der Waals surface area contributed by atoms with Crippen LogP contribution in [-0.4, -0.2) is 0 Å². The van der Waals surface area contributed by atoms with E-state index in [1.165, 1.54) is 18.4 Å². The standard InChI is InChI=1S/C15H15N/c16-10-14-11-6-8-13(9-7-11)15(14)12-4-2-1-3-5-12/h1-6,8,11,13-15H,7,9H2/t11-,13+,14?,15?/m0/s1. The molecule has 4 atom stereocenters. The van der Waals surface area contributed by atoms with Crippen LogP contribution in [0.1, 0.15) is 24.3 Å². The van der Waals surface area contributed by atoms with E-state index in [0.29, 0.717) is 17.8 Å². The number of hydrogen-bond acceptors (Lipinski definition) is 1. The molecule has 1 aromatic carbocycles. The molecule has 0 heterocycles. The number of nitrogens with zero attached hydrogens (tertiary/aromatic N) is 1. The van der Waals surface area contributed by atoms with Gasteiger partial charge in [0.05, 0.1) is 12.0 Å². The van der Waals surface area contributed by atoms with Gasteiger partial charge >= 0.3 is 0 Å². The molecule has 3 aliphatic rings. The quantitative estimate of drug-likeness (QED) is 0.649. The normalized spacial score (nSPS) is 35.9. The van der Waals surface area contributed by atoms with Gasteiger partial charge in [-0.3, -0.25) is 0 Å². The van der Waals surface area contributed by atoms with Crippen LogP contribution >= 0.6 is 0 Å². The summed E-state index contributed by atoms with van der Waals surface area (Å²) in [6.45, 7) is 0. The fourth-order valence-electron chi connectivity index (χ4n) is 3.30. The zero-order chi connectivity index (χ0) is 11.0. The Morgan fingerprint density at radius 2 is 1.69 bits per heavy atom. The second-order valence-electron chi connectivity index (χ2n) is 4.88. The number of benzene rings is 1. The molecule has 4 rings (SSSR count). The van der Waals surface area contributed by atoms with Crippen molar-refractivity contribution in [3.05, 3.63) is 48.0 Å². The Morgan fingerprint density at radius 3 is 2.31 bits per heavy atom. The van der Waals surface area contributed by atoms with Crippen LogP contribution in [0.5, 0.6) is 0 Å². The maximum Gasteiger partial charge on any atom is 0.0668 e. The van der Waals surface area contributed by atoms with Crippen molar-refractivity contribution in [3.8, 4) is 6.07 Å². The number of rotatable bonds is 1. The summed E-state index contributed by atoms with van der Waals surface area (Å²) in [6, 6.07) is 13.1. The first-order valence-corrected chi connectivity index (χ1v) is 6.03. The molecule has 0 aliphatic heterocycles. The Labute approximate surface area is 96.4 Å². The number of allylic oxidation sites excluding steroid dienone is 2. The van der Waals surface area contributed by atoms with Crippen molar-refractivity contribution in [2.24, 2.45) is 17.8 Å². The highest BCUT2D eigenvalue weighted by molar-refractivity contribution is 5.29. The van der Waals surface area contributed by atoms with E-state index in [1.54, 1.807) is 0 Å². The lowest BCUT2D eigenvalue weighted by molar-refractivity contribution is 0.225. The summed E-state index contributed by atoms with van der Waals surface area (Å²) in [7, 11) is 0. The Hall–Kier alpha value is -1.55. The van der Waals surface area contributed by atoms with Gasteiger partial charge < -0.3 is 0 Å². The summed E-state index contributed by atoms with van der Waals surface area (Å²) in [5, 5.41) is 9.36. The minimum absolute atomic E-state index is 0.186.